The van der Waals surface area contributed by atoms with Crippen molar-refractivity contribution < 1.29 is 19.5 Å². The Morgan fingerprint density at radius 1 is 1.46 bits per heavy atom. The van der Waals surface area contributed by atoms with Crippen LogP contribution in [0.2, 0.25) is 0 Å². The van der Waals surface area contributed by atoms with Gasteiger partial charge in [-0.05, 0) is 29.3 Å². The minimum Gasteiger partial charge on any atom is -0.477 e. The number of carboxylic acids is 1. The standard InChI is InChI=1S/C16H13N3O4S/c1-23-18-8-10-4-2-3-9(5-10)6-11-7-12(16(21)22)19-14(20)13(17)15(19)24-11/h2-8,15,17H,1H3,(H,21,22)/b11-6+,17-13?,18-8+/t15-/m1/s1. The molecular weight excluding hydrogens is 330 g/mol. The number of carbonyl (C=O) groups is 2. The van der Waals surface area contributed by atoms with Crippen LogP contribution in [0, 0.1) is 5.41 Å². The van der Waals surface area contributed by atoms with E-state index in [0.29, 0.717) is 4.91 Å². The molecule has 0 saturated carbocycles. The number of allylic oxidation sites excluding steroid dienone is 1. The van der Waals surface area contributed by atoms with Crippen LogP contribution < -0.4 is 0 Å². The average Bonchev–Trinajstić information content (AvgIpc) is 2.58. The number of benzene rings is 1. The van der Waals surface area contributed by atoms with E-state index in [4.69, 9.17) is 5.41 Å². The van der Waals surface area contributed by atoms with Crippen LogP contribution >= 0.6 is 11.8 Å². The van der Waals surface area contributed by atoms with E-state index in [0.717, 1.165) is 16.0 Å². The second-order valence-electron chi connectivity index (χ2n) is 5.03. The van der Waals surface area contributed by atoms with E-state index in [1.54, 1.807) is 6.21 Å². The summed E-state index contributed by atoms with van der Waals surface area (Å²) >= 11 is 1.28. The highest BCUT2D eigenvalue weighted by atomic mass is 32.2. The fourth-order valence-corrected chi connectivity index (χ4v) is 3.54. The van der Waals surface area contributed by atoms with Crippen molar-refractivity contribution >= 4 is 41.6 Å². The van der Waals surface area contributed by atoms with Crippen molar-refractivity contribution in [2.24, 2.45) is 5.16 Å². The van der Waals surface area contributed by atoms with E-state index in [9.17, 15) is 14.7 Å². The molecule has 7 nitrogen and oxygen atoms in total. The van der Waals surface area contributed by atoms with Crippen LogP contribution in [0.1, 0.15) is 11.1 Å². The van der Waals surface area contributed by atoms with E-state index in [1.807, 2.05) is 30.3 Å². The van der Waals surface area contributed by atoms with Crippen molar-refractivity contribution in [3.63, 3.8) is 0 Å². The second-order valence-corrected chi connectivity index (χ2v) is 6.18. The van der Waals surface area contributed by atoms with Crippen LogP contribution in [0.15, 0.2) is 46.1 Å². The third-order valence-electron chi connectivity index (χ3n) is 3.46. The Hall–Kier alpha value is -2.87. The monoisotopic (exact) mass is 343 g/mol. The van der Waals surface area contributed by atoms with Gasteiger partial charge in [0.05, 0.1) is 6.21 Å². The largest absolute Gasteiger partial charge is 0.477 e. The second kappa shape index (κ2) is 6.32. The van der Waals surface area contributed by atoms with Crippen molar-refractivity contribution in [2.45, 2.75) is 5.37 Å². The van der Waals surface area contributed by atoms with Gasteiger partial charge in [-0.25, -0.2) is 4.79 Å². The van der Waals surface area contributed by atoms with Crippen molar-refractivity contribution in [2.75, 3.05) is 7.11 Å². The van der Waals surface area contributed by atoms with E-state index >= 15 is 0 Å². The summed E-state index contributed by atoms with van der Waals surface area (Å²) in [6.07, 6.45) is 4.82. The molecule has 2 heterocycles. The van der Waals surface area contributed by atoms with Crippen LogP contribution in [-0.2, 0) is 14.4 Å². The molecule has 0 radical (unpaired) electrons. The molecule has 0 spiro atoms. The van der Waals surface area contributed by atoms with E-state index < -0.39 is 17.3 Å². The third-order valence-corrected chi connectivity index (χ3v) is 4.64. The molecule has 3 rings (SSSR count). The van der Waals surface area contributed by atoms with Gasteiger partial charge in [0.1, 0.15) is 23.9 Å². The maximum atomic E-state index is 11.7. The van der Waals surface area contributed by atoms with Crippen molar-refractivity contribution in [3.8, 4) is 0 Å². The van der Waals surface area contributed by atoms with Crippen LogP contribution in [0.5, 0.6) is 0 Å². The zero-order chi connectivity index (χ0) is 17.3. The molecule has 24 heavy (non-hydrogen) atoms. The normalized spacial score (nSPS) is 21.5. The third kappa shape index (κ3) is 2.83. The number of nitrogens with one attached hydrogen (secondary N) is 1. The Kier molecular flexibility index (Phi) is 4.22. The van der Waals surface area contributed by atoms with Gasteiger partial charge >= 0.3 is 5.97 Å². The molecule has 1 fully saturated rings. The summed E-state index contributed by atoms with van der Waals surface area (Å²) in [5.74, 6) is -1.74. The van der Waals surface area contributed by atoms with Crippen LogP contribution in [-0.4, -0.2) is 46.3 Å². The number of carboxylic acid groups (broad SMARTS) is 1. The number of fused-ring (bicyclic) bond motifs is 1. The summed E-state index contributed by atoms with van der Waals surface area (Å²) in [5.41, 5.74) is 1.49. The molecular formula is C16H13N3O4S. The SMILES string of the molecule is CO/N=C/c1cccc(/C=C2\C=C(C(=O)O)N3C(=O)C(=N)[C@H]3S2)c1. The lowest BCUT2D eigenvalue weighted by atomic mass is 10.1. The smallest absolute Gasteiger partial charge is 0.352 e. The number of hydrogen-bond donors (Lipinski definition) is 2. The molecule has 1 aromatic carbocycles. The van der Waals surface area contributed by atoms with Gasteiger partial charge in [0.15, 0.2) is 0 Å². The lowest BCUT2D eigenvalue weighted by Gasteiger charge is -2.42. The molecule has 8 heteroatoms. The lowest BCUT2D eigenvalue weighted by molar-refractivity contribution is -0.139. The van der Waals surface area contributed by atoms with Gasteiger partial charge in [0.25, 0.3) is 5.91 Å². The molecule has 2 aliphatic heterocycles. The number of thioether (sulfide) groups is 1. The van der Waals surface area contributed by atoms with Crippen LogP contribution in [0.25, 0.3) is 6.08 Å². The predicted octanol–water partition coefficient (Wildman–Crippen LogP) is 1.91. The van der Waals surface area contributed by atoms with Gasteiger partial charge in [-0.3, -0.25) is 15.1 Å². The van der Waals surface area contributed by atoms with Gasteiger partial charge in [-0.1, -0.05) is 35.1 Å². The average molecular weight is 343 g/mol. The summed E-state index contributed by atoms with van der Waals surface area (Å²) in [6, 6.07) is 7.45. The molecule has 2 N–H and O–H groups in total. The Morgan fingerprint density at radius 3 is 2.92 bits per heavy atom. The number of rotatable bonds is 4. The number of hydrogen-bond acceptors (Lipinski definition) is 6. The summed E-state index contributed by atoms with van der Waals surface area (Å²) in [7, 11) is 1.46. The van der Waals surface area contributed by atoms with Gasteiger partial charge in [-0.2, -0.15) is 0 Å². The molecule has 0 aliphatic carbocycles. The lowest BCUT2D eigenvalue weighted by Crippen LogP contribution is -2.61. The van der Waals surface area contributed by atoms with Crippen LogP contribution in [0.3, 0.4) is 0 Å². The minimum atomic E-state index is -1.19. The Morgan fingerprint density at radius 2 is 2.21 bits per heavy atom. The first kappa shape index (κ1) is 16.0. The minimum absolute atomic E-state index is 0.0845. The summed E-state index contributed by atoms with van der Waals surface area (Å²) in [5, 5.41) is 20.1. The number of amides is 1. The topological polar surface area (TPSA) is 103 Å². The number of nitrogens with zero attached hydrogens (tertiary/aromatic N) is 2. The highest BCUT2D eigenvalue weighted by molar-refractivity contribution is 8.05. The summed E-state index contributed by atoms with van der Waals surface area (Å²) in [4.78, 5) is 29.5. The highest BCUT2D eigenvalue weighted by Gasteiger charge is 2.49. The highest BCUT2D eigenvalue weighted by Crippen LogP contribution is 2.41. The summed E-state index contributed by atoms with van der Waals surface area (Å²) in [6.45, 7) is 0. The van der Waals surface area contributed by atoms with E-state index in [1.165, 1.54) is 24.9 Å². The zero-order valence-electron chi connectivity index (χ0n) is 12.6. The fourth-order valence-electron chi connectivity index (χ4n) is 2.37. The zero-order valence-corrected chi connectivity index (χ0v) is 13.4. The molecule has 1 amide bonds. The predicted molar refractivity (Wildman–Crippen MR) is 90.7 cm³/mol. The molecule has 0 unspecified atom stereocenters. The molecule has 1 atom stereocenters. The Balaban J connectivity index is 1.94. The maximum absolute atomic E-state index is 11.7. The first-order chi connectivity index (χ1) is 11.5. The first-order valence-electron chi connectivity index (χ1n) is 6.93. The molecule has 2 aliphatic rings. The molecule has 1 aromatic rings. The fraction of sp³-hybridized carbons (Fsp3) is 0.125. The van der Waals surface area contributed by atoms with Crippen molar-refractivity contribution in [1.82, 2.24) is 4.90 Å². The quantitative estimate of drug-likeness (QED) is 0.494. The maximum Gasteiger partial charge on any atom is 0.352 e. The van der Waals surface area contributed by atoms with Gasteiger partial charge < -0.3 is 9.94 Å². The number of aliphatic carboxylic acids is 1. The first-order valence-corrected chi connectivity index (χ1v) is 7.81. The molecule has 0 aromatic heterocycles. The Labute approximate surface area is 141 Å². The molecule has 1 saturated heterocycles. The van der Waals surface area contributed by atoms with E-state index in [2.05, 4.69) is 9.99 Å². The van der Waals surface area contributed by atoms with Crippen molar-refractivity contribution in [3.05, 3.63) is 52.1 Å². The number of β-lactam (4-membered cyclic amide) rings is 1. The summed E-state index contributed by atoms with van der Waals surface area (Å²) < 4.78 is 0. The van der Waals surface area contributed by atoms with Gasteiger partial charge in [0, 0.05) is 4.91 Å². The van der Waals surface area contributed by atoms with E-state index in [-0.39, 0.29) is 11.4 Å². The molecule has 0 bridgehead atoms. The molecule has 122 valence electrons. The van der Waals surface area contributed by atoms with Gasteiger partial charge in [-0.15, -0.1) is 0 Å². The van der Waals surface area contributed by atoms with Gasteiger partial charge in [0.2, 0.25) is 0 Å². The number of carbonyl (C=O) groups excluding carboxylic acids is 1. The Bertz CT molecular complexity index is 828. The van der Waals surface area contributed by atoms with Crippen molar-refractivity contribution in [1.29, 1.82) is 5.41 Å². The van der Waals surface area contributed by atoms with Crippen LogP contribution in [0.4, 0.5) is 0 Å². The number of oxime groups is 1.